The molecule has 1 N–H and O–H groups in total. The summed E-state index contributed by atoms with van der Waals surface area (Å²) in [7, 11) is 0.517. The minimum absolute atomic E-state index is 0.102. The molecule has 1 amide bonds. The zero-order valence-electron chi connectivity index (χ0n) is 11.8. The van der Waals surface area contributed by atoms with E-state index in [1.165, 1.54) is 10.6 Å². The smallest absolute Gasteiger partial charge is 0.221 e. The molecule has 0 aromatic carbocycles. The highest BCUT2D eigenvalue weighted by molar-refractivity contribution is 7.88. The summed E-state index contributed by atoms with van der Waals surface area (Å²) in [4.78, 5) is 13.3. The molecule has 0 saturated heterocycles. The van der Waals surface area contributed by atoms with Crippen LogP contribution in [0.3, 0.4) is 0 Å². The van der Waals surface area contributed by atoms with E-state index >= 15 is 0 Å². The van der Waals surface area contributed by atoms with Crippen molar-refractivity contribution < 1.29 is 13.2 Å². The average Bonchev–Trinajstić information content (AvgIpc) is 2.23. The number of rotatable bonds is 9. The first-order valence-electron chi connectivity index (χ1n) is 6.14. The van der Waals surface area contributed by atoms with Crippen molar-refractivity contribution in [2.75, 3.05) is 46.5 Å². The third kappa shape index (κ3) is 8.43. The Balaban J connectivity index is 4.22. The fraction of sp³-hybridized carbons (Fsp3) is 0.909. The lowest BCUT2D eigenvalue weighted by atomic mass is 10.3. The van der Waals surface area contributed by atoms with Crippen LogP contribution in [0.25, 0.3) is 0 Å². The zero-order valence-corrected chi connectivity index (χ0v) is 12.6. The van der Waals surface area contributed by atoms with Gasteiger partial charge in [0.15, 0.2) is 0 Å². The van der Waals surface area contributed by atoms with Crippen molar-refractivity contribution >= 4 is 15.9 Å². The predicted octanol–water partition coefficient (Wildman–Crippen LogP) is -0.274. The van der Waals surface area contributed by atoms with Crippen molar-refractivity contribution in [2.45, 2.75) is 19.8 Å². The number of hydrogen-bond acceptors (Lipinski definition) is 4. The number of nitrogens with zero attached hydrogens (tertiary/aromatic N) is 2. The minimum Gasteiger partial charge on any atom is -0.356 e. The van der Waals surface area contributed by atoms with Gasteiger partial charge in [-0.3, -0.25) is 4.79 Å². The van der Waals surface area contributed by atoms with Gasteiger partial charge in [-0.05, 0) is 20.5 Å². The van der Waals surface area contributed by atoms with Crippen molar-refractivity contribution in [1.82, 2.24) is 14.5 Å². The lowest BCUT2D eigenvalue weighted by molar-refractivity contribution is -0.121. The van der Waals surface area contributed by atoms with Crippen LogP contribution in [0.15, 0.2) is 0 Å². The second-order valence-corrected chi connectivity index (χ2v) is 6.55. The normalized spacial score (nSPS) is 12.1. The molecule has 6 nitrogen and oxygen atoms in total. The summed E-state index contributed by atoms with van der Waals surface area (Å²) in [5.41, 5.74) is 0. The number of hydrogen-bond donors (Lipinski definition) is 1. The molecule has 0 aliphatic heterocycles. The summed E-state index contributed by atoms with van der Waals surface area (Å²) in [6.45, 7) is 3.90. The highest BCUT2D eigenvalue weighted by Crippen LogP contribution is 2.00. The second-order valence-electron chi connectivity index (χ2n) is 4.57. The number of amides is 1. The molecular weight excluding hydrogens is 254 g/mol. The summed E-state index contributed by atoms with van der Waals surface area (Å²) >= 11 is 0. The molecule has 0 aromatic heterocycles. The highest BCUT2D eigenvalue weighted by Gasteiger charge is 2.17. The molecule has 7 heteroatoms. The largest absolute Gasteiger partial charge is 0.356 e. The summed E-state index contributed by atoms with van der Waals surface area (Å²) in [6.07, 6.45) is 2.26. The van der Waals surface area contributed by atoms with Crippen LogP contribution in [0.5, 0.6) is 0 Å². The van der Waals surface area contributed by atoms with Crippen LogP contribution in [-0.2, 0) is 14.8 Å². The fourth-order valence-electron chi connectivity index (χ4n) is 1.33. The summed E-state index contributed by atoms with van der Waals surface area (Å²) < 4.78 is 24.4. The van der Waals surface area contributed by atoms with Gasteiger partial charge in [0.2, 0.25) is 15.9 Å². The van der Waals surface area contributed by atoms with Crippen LogP contribution in [0, 0.1) is 0 Å². The van der Waals surface area contributed by atoms with E-state index in [4.69, 9.17) is 0 Å². The molecule has 0 heterocycles. The van der Waals surface area contributed by atoms with Crippen LogP contribution in [0.1, 0.15) is 19.8 Å². The second kappa shape index (κ2) is 8.44. The molecule has 18 heavy (non-hydrogen) atoms. The topological polar surface area (TPSA) is 69.7 Å². The van der Waals surface area contributed by atoms with Crippen LogP contribution in [0.4, 0.5) is 0 Å². The first kappa shape index (κ1) is 17.3. The van der Waals surface area contributed by atoms with E-state index < -0.39 is 10.0 Å². The minimum atomic E-state index is -3.25. The number of carbonyl (C=O) groups excluding carboxylic acids is 1. The number of likely N-dealkylation sites (N-methyl/N-ethyl adjacent to an activating group) is 1. The Hall–Kier alpha value is -0.660. The number of nitrogens with one attached hydrogen (secondary N) is 1. The summed E-state index contributed by atoms with van der Waals surface area (Å²) in [5, 5.41) is 2.73. The van der Waals surface area contributed by atoms with Gasteiger partial charge in [-0.25, -0.2) is 12.7 Å². The molecular formula is C11H25N3O3S. The standard InChI is InChI=1S/C11H25N3O3S/c1-5-7-12-11(15)6-8-14(18(4,16)17)10-9-13(2)3/h5-10H2,1-4H3,(H,12,15). The van der Waals surface area contributed by atoms with Crippen LogP contribution in [-0.4, -0.2) is 70.1 Å². The van der Waals surface area contributed by atoms with E-state index in [-0.39, 0.29) is 18.9 Å². The number of sulfonamides is 1. The number of carbonyl (C=O) groups is 1. The molecule has 0 atom stereocenters. The van der Waals surface area contributed by atoms with Crippen molar-refractivity contribution in [3.05, 3.63) is 0 Å². The zero-order chi connectivity index (χ0) is 14.2. The average molecular weight is 279 g/mol. The van der Waals surface area contributed by atoms with Crippen LogP contribution < -0.4 is 5.32 Å². The quantitative estimate of drug-likeness (QED) is 0.630. The highest BCUT2D eigenvalue weighted by atomic mass is 32.2. The molecule has 0 saturated carbocycles. The van der Waals surface area contributed by atoms with Crippen LogP contribution in [0.2, 0.25) is 0 Å². The van der Waals surface area contributed by atoms with Crippen molar-refractivity contribution in [2.24, 2.45) is 0 Å². The molecule has 108 valence electrons. The molecule has 0 fully saturated rings. The van der Waals surface area contributed by atoms with Gasteiger partial charge in [0.1, 0.15) is 0 Å². The Labute approximate surface area is 110 Å². The van der Waals surface area contributed by atoms with Crippen molar-refractivity contribution in [1.29, 1.82) is 0 Å². The Kier molecular flexibility index (Phi) is 8.13. The van der Waals surface area contributed by atoms with E-state index in [2.05, 4.69) is 5.32 Å². The van der Waals surface area contributed by atoms with E-state index in [0.717, 1.165) is 6.42 Å². The third-order valence-electron chi connectivity index (χ3n) is 2.43. The Morgan fingerprint density at radius 1 is 1.17 bits per heavy atom. The van der Waals surface area contributed by atoms with E-state index in [0.29, 0.717) is 19.6 Å². The molecule has 0 aromatic rings. The maximum atomic E-state index is 11.5. The van der Waals surface area contributed by atoms with Gasteiger partial charge in [-0.15, -0.1) is 0 Å². The van der Waals surface area contributed by atoms with Gasteiger partial charge in [-0.2, -0.15) is 0 Å². The first-order chi connectivity index (χ1) is 8.27. The molecule has 0 bridgehead atoms. The van der Waals surface area contributed by atoms with E-state index in [9.17, 15) is 13.2 Å². The summed E-state index contributed by atoms with van der Waals surface area (Å²) in [6, 6.07) is 0. The maximum absolute atomic E-state index is 11.5. The van der Waals surface area contributed by atoms with E-state index in [1.807, 2.05) is 25.9 Å². The Bertz CT molecular complexity index is 341. The van der Waals surface area contributed by atoms with Gasteiger partial charge in [0.25, 0.3) is 0 Å². The lowest BCUT2D eigenvalue weighted by Crippen LogP contribution is -2.38. The SMILES string of the molecule is CCCNC(=O)CCN(CCN(C)C)S(C)(=O)=O. The maximum Gasteiger partial charge on any atom is 0.221 e. The monoisotopic (exact) mass is 279 g/mol. The molecule has 0 radical (unpaired) electrons. The Morgan fingerprint density at radius 2 is 1.78 bits per heavy atom. The predicted molar refractivity (Wildman–Crippen MR) is 72.9 cm³/mol. The van der Waals surface area contributed by atoms with Crippen molar-refractivity contribution in [3.63, 3.8) is 0 Å². The molecule has 0 unspecified atom stereocenters. The van der Waals surface area contributed by atoms with Crippen LogP contribution >= 0.6 is 0 Å². The molecule has 0 rings (SSSR count). The summed E-state index contributed by atoms with van der Waals surface area (Å²) in [5.74, 6) is -0.102. The van der Waals surface area contributed by atoms with Gasteiger partial charge >= 0.3 is 0 Å². The third-order valence-corrected chi connectivity index (χ3v) is 3.73. The van der Waals surface area contributed by atoms with Gasteiger partial charge in [0.05, 0.1) is 6.26 Å². The molecule has 0 aliphatic rings. The van der Waals surface area contributed by atoms with Crippen molar-refractivity contribution in [3.8, 4) is 0 Å². The molecule has 0 aliphatic carbocycles. The molecule has 0 spiro atoms. The lowest BCUT2D eigenvalue weighted by Gasteiger charge is -2.21. The van der Waals surface area contributed by atoms with Gasteiger partial charge < -0.3 is 10.2 Å². The fourth-order valence-corrected chi connectivity index (χ4v) is 2.17. The van der Waals surface area contributed by atoms with Gasteiger partial charge in [0, 0.05) is 32.6 Å². The van der Waals surface area contributed by atoms with Gasteiger partial charge in [-0.1, -0.05) is 6.92 Å². The Morgan fingerprint density at radius 3 is 2.22 bits per heavy atom. The first-order valence-corrected chi connectivity index (χ1v) is 7.98. The van der Waals surface area contributed by atoms with E-state index in [1.54, 1.807) is 0 Å².